The molecule has 0 bridgehead atoms. The highest BCUT2D eigenvalue weighted by atomic mass is 79.9. The molecule has 2 amide bonds. The first-order valence-corrected chi connectivity index (χ1v) is 10.5. The number of halogens is 1. The van der Waals surface area contributed by atoms with E-state index in [0.29, 0.717) is 21.5 Å². The zero-order chi connectivity index (χ0) is 23.8. The predicted molar refractivity (Wildman–Crippen MR) is 128 cm³/mol. The van der Waals surface area contributed by atoms with E-state index in [4.69, 9.17) is 4.74 Å². The fourth-order valence-corrected chi connectivity index (χ4v) is 3.19. The van der Waals surface area contributed by atoms with Gasteiger partial charge < -0.3 is 10.1 Å². The molecule has 3 aromatic rings. The van der Waals surface area contributed by atoms with Crippen molar-refractivity contribution < 1.29 is 19.2 Å². The van der Waals surface area contributed by atoms with Gasteiger partial charge in [0.25, 0.3) is 17.5 Å². The van der Waals surface area contributed by atoms with Crippen LogP contribution in [0.15, 0.2) is 76.3 Å². The van der Waals surface area contributed by atoms with Crippen LogP contribution in [0.5, 0.6) is 5.75 Å². The number of benzene rings is 3. The second-order valence-electron chi connectivity index (χ2n) is 6.90. The molecule has 3 aromatic carbocycles. The van der Waals surface area contributed by atoms with Crippen molar-refractivity contribution in [2.75, 3.05) is 11.9 Å². The molecule has 0 saturated heterocycles. The van der Waals surface area contributed by atoms with Crippen LogP contribution in [-0.4, -0.2) is 29.6 Å². The smallest absolute Gasteiger partial charge is 0.271 e. The highest BCUT2D eigenvalue weighted by Crippen LogP contribution is 2.25. The molecule has 33 heavy (non-hydrogen) atoms. The first-order valence-electron chi connectivity index (χ1n) is 9.68. The van der Waals surface area contributed by atoms with Crippen molar-refractivity contribution >= 4 is 45.3 Å². The molecule has 0 fully saturated rings. The number of amides is 2. The van der Waals surface area contributed by atoms with Crippen molar-refractivity contribution in [2.45, 2.75) is 6.92 Å². The Morgan fingerprint density at radius 3 is 2.58 bits per heavy atom. The number of aryl methyl sites for hydroxylation is 1. The normalized spacial score (nSPS) is 10.6. The topological polar surface area (TPSA) is 123 Å². The highest BCUT2D eigenvalue weighted by molar-refractivity contribution is 9.10. The van der Waals surface area contributed by atoms with E-state index in [1.807, 2.05) is 31.2 Å². The molecule has 0 aliphatic carbocycles. The van der Waals surface area contributed by atoms with Crippen LogP contribution in [-0.2, 0) is 4.79 Å². The fraction of sp³-hybridized carbons (Fsp3) is 0.0870. The second kappa shape index (κ2) is 11.0. The molecule has 0 spiro atoms. The Hall–Kier alpha value is -4.05. The summed E-state index contributed by atoms with van der Waals surface area (Å²) < 4.78 is 6.15. The minimum Gasteiger partial charge on any atom is -0.483 e. The molecule has 0 unspecified atom stereocenters. The SMILES string of the molecule is Cc1ccc(NC(=O)COc2ccc(/C=N/NC(=O)c3cccc([N+](=O)[O-])c3)cc2Br)cc1. The van der Waals surface area contributed by atoms with E-state index in [2.05, 4.69) is 31.8 Å². The third kappa shape index (κ3) is 6.97. The van der Waals surface area contributed by atoms with E-state index < -0.39 is 10.8 Å². The van der Waals surface area contributed by atoms with Crippen molar-refractivity contribution in [3.63, 3.8) is 0 Å². The number of hydrogen-bond donors (Lipinski definition) is 2. The van der Waals surface area contributed by atoms with Gasteiger partial charge in [-0.15, -0.1) is 0 Å². The lowest BCUT2D eigenvalue weighted by molar-refractivity contribution is -0.384. The number of carbonyl (C=O) groups is 2. The summed E-state index contributed by atoms with van der Waals surface area (Å²) >= 11 is 3.38. The van der Waals surface area contributed by atoms with E-state index in [1.165, 1.54) is 30.5 Å². The summed E-state index contributed by atoms with van der Waals surface area (Å²) in [7, 11) is 0. The van der Waals surface area contributed by atoms with Crippen molar-refractivity contribution in [1.29, 1.82) is 0 Å². The third-order valence-electron chi connectivity index (χ3n) is 4.35. The molecule has 168 valence electrons. The van der Waals surface area contributed by atoms with Crippen molar-refractivity contribution in [2.24, 2.45) is 5.10 Å². The molecule has 10 heteroatoms. The molecule has 0 aromatic heterocycles. The van der Waals surface area contributed by atoms with Gasteiger partial charge in [0.2, 0.25) is 0 Å². The molecule has 0 atom stereocenters. The first-order chi connectivity index (χ1) is 15.8. The molecular formula is C23H19BrN4O5. The van der Waals surface area contributed by atoms with Gasteiger partial charge in [0.05, 0.1) is 15.6 Å². The molecule has 0 aliphatic heterocycles. The Bertz CT molecular complexity index is 1210. The van der Waals surface area contributed by atoms with Gasteiger partial charge in [-0.1, -0.05) is 23.8 Å². The number of rotatable bonds is 8. The largest absolute Gasteiger partial charge is 0.483 e. The number of hydrogen-bond acceptors (Lipinski definition) is 6. The maximum absolute atomic E-state index is 12.1. The summed E-state index contributed by atoms with van der Waals surface area (Å²) in [5.41, 5.74) is 4.70. The minimum atomic E-state index is -0.576. The molecule has 0 aliphatic rings. The summed E-state index contributed by atoms with van der Waals surface area (Å²) in [6, 6.07) is 17.8. The number of nitro benzene ring substituents is 1. The van der Waals surface area contributed by atoms with Gasteiger partial charge in [-0.05, 0) is 64.8 Å². The zero-order valence-corrected chi connectivity index (χ0v) is 19.0. The molecule has 3 rings (SSSR count). The average molecular weight is 511 g/mol. The van der Waals surface area contributed by atoms with Crippen LogP contribution < -0.4 is 15.5 Å². The predicted octanol–water partition coefficient (Wildman–Crippen LogP) is 4.45. The van der Waals surface area contributed by atoms with E-state index in [0.717, 1.165) is 5.56 Å². The molecule has 0 saturated carbocycles. The van der Waals surface area contributed by atoms with E-state index in [-0.39, 0.29) is 23.8 Å². The molecule has 0 heterocycles. The van der Waals surface area contributed by atoms with Gasteiger partial charge in [0.1, 0.15) is 5.75 Å². The van der Waals surface area contributed by atoms with Crippen LogP contribution in [0.4, 0.5) is 11.4 Å². The van der Waals surface area contributed by atoms with E-state index >= 15 is 0 Å². The Morgan fingerprint density at radius 2 is 1.88 bits per heavy atom. The zero-order valence-electron chi connectivity index (χ0n) is 17.4. The van der Waals surface area contributed by atoms with Crippen LogP contribution in [0.2, 0.25) is 0 Å². The number of nitrogens with one attached hydrogen (secondary N) is 2. The summed E-state index contributed by atoms with van der Waals surface area (Å²) in [6.07, 6.45) is 1.41. The quantitative estimate of drug-likeness (QED) is 0.263. The van der Waals surface area contributed by atoms with Crippen LogP contribution in [0.1, 0.15) is 21.5 Å². The lowest BCUT2D eigenvalue weighted by Crippen LogP contribution is -2.20. The first kappa shape index (κ1) is 23.6. The number of ether oxygens (including phenoxy) is 1. The Kier molecular flexibility index (Phi) is 7.87. The van der Waals surface area contributed by atoms with Gasteiger partial charge in [0.15, 0.2) is 6.61 Å². The van der Waals surface area contributed by atoms with E-state index in [1.54, 1.807) is 18.2 Å². The van der Waals surface area contributed by atoms with Crippen LogP contribution in [0, 0.1) is 17.0 Å². The number of hydrazone groups is 1. The van der Waals surface area contributed by atoms with Gasteiger partial charge in [-0.3, -0.25) is 19.7 Å². The van der Waals surface area contributed by atoms with Crippen molar-refractivity contribution in [3.8, 4) is 5.75 Å². The third-order valence-corrected chi connectivity index (χ3v) is 4.97. The average Bonchev–Trinajstić information content (AvgIpc) is 2.80. The number of anilines is 1. The van der Waals surface area contributed by atoms with Crippen LogP contribution in [0.3, 0.4) is 0 Å². The van der Waals surface area contributed by atoms with Crippen molar-refractivity contribution in [1.82, 2.24) is 5.43 Å². The van der Waals surface area contributed by atoms with Gasteiger partial charge in [-0.25, -0.2) is 5.43 Å². The van der Waals surface area contributed by atoms with Crippen molar-refractivity contribution in [3.05, 3.63) is 98.0 Å². The monoisotopic (exact) mass is 510 g/mol. The summed E-state index contributed by atoms with van der Waals surface area (Å²) in [4.78, 5) is 34.4. The molecule has 0 radical (unpaired) electrons. The summed E-state index contributed by atoms with van der Waals surface area (Å²) in [6.45, 7) is 1.80. The van der Waals surface area contributed by atoms with Crippen LogP contribution in [0.25, 0.3) is 0 Å². The standard InChI is InChI=1S/C23H19BrN4O5/c1-15-5-8-18(9-6-15)26-22(29)14-33-21-10-7-16(11-20(21)24)13-25-27-23(30)17-3-2-4-19(12-17)28(31)32/h2-13H,14H2,1H3,(H,26,29)(H,27,30)/b25-13+. The van der Waals surface area contributed by atoms with Gasteiger partial charge in [-0.2, -0.15) is 5.10 Å². The van der Waals surface area contributed by atoms with Gasteiger partial charge in [0, 0.05) is 23.4 Å². The lowest BCUT2D eigenvalue weighted by atomic mass is 10.2. The lowest BCUT2D eigenvalue weighted by Gasteiger charge is -2.09. The maximum atomic E-state index is 12.1. The molecule has 2 N–H and O–H groups in total. The molecular weight excluding hydrogens is 492 g/mol. The fourth-order valence-electron chi connectivity index (χ4n) is 2.68. The number of carbonyl (C=O) groups excluding carboxylic acids is 2. The number of non-ortho nitro benzene ring substituents is 1. The summed E-state index contributed by atoms with van der Waals surface area (Å²) in [5.74, 6) is -0.402. The Labute approximate surface area is 197 Å². The summed E-state index contributed by atoms with van der Waals surface area (Å²) in [5, 5.41) is 17.4. The highest BCUT2D eigenvalue weighted by Gasteiger charge is 2.11. The van der Waals surface area contributed by atoms with Crippen LogP contribution >= 0.6 is 15.9 Å². The minimum absolute atomic E-state index is 0.121. The van der Waals surface area contributed by atoms with E-state index in [9.17, 15) is 19.7 Å². The number of nitrogens with zero attached hydrogens (tertiary/aromatic N) is 2. The Morgan fingerprint density at radius 1 is 1.12 bits per heavy atom. The van der Waals surface area contributed by atoms with Gasteiger partial charge >= 0.3 is 0 Å². The Balaban J connectivity index is 1.53. The number of nitro groups is 1. The second-order valence-corrected chi connectivity index (χ2v) is 7.75. The molecule has 9 nitrogen and oxygen atoms in total. The maximum Gasteiger partial charge on any atom is 0.271 e.